The fourth-order valence-electron chi connectivity index (χ4n) is 1.27. The van der Waals surface area contributed by atoms with Crippen LogP contribution in [0.3, 0.4) is 0 Å². The first-order chi connectivity index (χ1) is 8.52. The Balaban J connectivity index is 2.63. The number of ether oxygens (including phenoxy) is 1. The Kier molecular flexibility index (Phi) is 5.04. The molecule has 1 amide bonds. The van der Waals surface area contributed by atoms with Crippen molar-refractivity contribution in [2.45, 2.75) is 13.8 Å². The number of aryl methyl sites for hydroxylation is 1. The number of hydrogen-bond donors (Lipinski definition) is 2. The van der Waals surface area contributed by atoms with Crippen molar-refractivity contribution >= 4 is 17.8 Å². The highest BCUT2D eigenvalue weighted by Gasteiger charge is 2.10. The summed E-state index contributed by atoms with van der Waals surface area (Å²) in [5, 5.41) is 5.55. The number of carbonyl (C=O) groups excluding carboxylic acids is 2. The van der Waals surface area contributed by atoms with Crippen LogP contribution >= 0.6 is 0 Å². The lowest BCUT2D eigenvalue weighted by molar-refractivity contribution is -0.118. The number of aromatic nitrogens is 2. The molecule has 2 N–H and O–H groups in total. The van der Waals surface area contributed by atoms with Crippen LogP contribution in [-0.2, 0) is 9.53 Å². The summed E-state index contributed by atoms with van der Waals surface area (Å²) in [5.74, 6) is -0.275. The molecule has 1 heterocycles. The van der Waals surface area contributed by atoms with Crippen LogP contribution in [0.5, 0.6) is 0 Å². The fourth-order valence-corrected chi connectivity index (χ4v) is 1.27. The summed E-state index contributed by atoms with van der Waals surface area (Å²) < 4.78 is 4.59. The molecule has 0 aromatic carbocycles. The Morgan fingerprint density at radius 2 is 2.06 bits per heavy atom. The zero-order chi connectivity index (χ0) is 13.5. The van der Waals surface area contributed by atoms with Gasteiger partial charge in [0, 0.05) is 25.7 Å². The summed E-state index contributed by atoms with van der Waals surface area (Å²) >= 11 is 0. The van der Waals surface area contributed by atoms with E-state index in [2.05, 4.69) is 25.3 Å². The summed E-state index contributed by atoms with van der Waals surface area (Å²) in [6, 6.07) is 1.55. The van der Waals surface area contributed by atoms with Gasteiger partial charge in [-0.1, -0.05) is 0 Å². The smallest absolute Gasteiger partial charge is 0.356 e. The van der Waals surface area contributed by atoms with Crippen molar-refractivity contribution < 1.29 is 14.3 Å². The average Bonchev–Trinajstić information content (AvgIpc) is 2.32. The average molecular weight is 252 g/mol. The molecule has 1 aromatic rings. The molecule has 7 heteroatoms. The largest absolute Gasteiger partial charge is 0.464 e. The normalized spacial score (nSPS) is 9.72. The minimum absolute atomic E-state index is 0.0998. The molecular formula is C11H16N4O3. The molecule has 0 aliphatic rings. The number of methoxy groups -OCH3 is 1. The van der Waals surface area contributed by atoms with Crippen molar-refractivity contribution in [3.63, 3.8) is 0 Å². The zero-order valence-corrected chi connectivity index (χ0v) is 10.6. The molecule has 1 rings (SSSR count). The van der Waals surface area contributed by atoms with Gasteiger partial charge in [-0.2, -0.15) is 0 Å². The molecule has 0 unspecified atom stereocenters. The van der Waals surface area contributed by atoms with Gasteiger partial charge in [-0.05, 0) is 13.0 Å². The molecule has 0 saturated carbocycles. The minimum Gasteiger partial charge on any atom is -0.464 e. The first kappa shape index (κ1) is 13.9. The SMILES string of the molecule is COC(=O)c1cc(C)nc(NCCNC(C)=O)n1. The van der Waals surface area contributed by atoms with Gasteiger partial charge in [0.2, 0.25) is 11.9 Å². The highest BCUT2D eigenvalue weighted by Crippen LogP contribution is 2.05. The molecule has 0 fully saturated rings. The predicted octanol–water partition coefficient (Wildman–Crippen LogP) is 0.120. The molecule has 0 saturated heterocycles. The van der Waals surface area contributed by atoms with Crippen LogP contribution in [0.1, 0.15) is 23.1 Å². The van der Waals surface area contributed by atoms with E-state index < -0.39 is 5.97 Å². The van der Waals surface area contributed by atoms with Gasteiger partial charge in [0.15, 0.2) is 5.69 Å². The van der Waals surface area contributed by atoms with Crippen molar-refractivity contribution in [2.24, 2.45) is 0 Å². The van der Waals surface area contributed by atoms with E-state index in [4.69, 9.17) is 0 Å². The lowest BCUT2D eigenvalue weighted by atomic mass is 10.3. The lowest BCUT2D eigenvalue weighted by Gasteiger charge is -2.07. The number of nitrogens with zero attached hydrogens (tertiary/aromatic N) is 2. The number of amides is 1. The van der Waals surface area contributed by atoms with E-state index in [1.54, 1.807) is 13.0 Å². The predicted molar refractivity (Wildman–Crippen MR) is 65.3 cm³/mol. The molecule has 7 nitrogen and oxygen atoms in total. The van der Waals surface area contributed by atoms with E-state index >= 15 is 0 Å². The highest BCUT2D eigenvalue weighted by molar-refractivity contribution is 5.87. The third kappa shape index (κ3) is 4.36. The van der Waals surface area contributed by atoms with Crippen LogP contribution in [-0.4, -0.2) is 42.0 Å². The van der Waals surface area contributed by atoms with E-state index in [0.29, 0.717) is 24.7 Å². The van der Waals surface area contributed by atoms with Gasteiger partial charge in [-0.15, -0.1) is 0 Å². The highest BCUT2D eigenvalue weighted by atomic mass is 16.5. The summed E-state index contributed by atoms with van der Waals surface area (Å²) in [5.41, 5.74) is 0.861. The third-order valence-corrected chi connectivity index (χ3v) is 2.03. The van der Waals surface area contributed by atoms with Crippen molar-refractivity contribution in [3.05, 3.63) is 17.5 Å². The Hall–Kier alpha value is -2.18. The van der Waals surface area contributed by atoms with Gasteiger partial charge in [-0.25, -0.2) is 14.8 Å². The van der Waals surface area contributed by atoms with Gasteiger partial charge >= 0.3 is 5.97 Å². The van der Waals surface area contributed by atoms with E-state index in [0.717, 1.165) is 0 Å². The Bertz CT molecular complexity index is 448. The molecular weight excluding hydrogens is 236 g/mol. The number of hydrogen-bond acceptors (Lipinski definition) is 6. The van der Waals surface area contributed by atoms with Crippen LogP contribution in [0, 0.1) is 6.92 Å². The van der Waals surface area contributed by atoms with E-state index in [1.807, 2.05) is 0 Å². The first-order valence-corrected chi connectivity index (χ1v) is 5.45. The number of anilines is 1. The van der Waals surface area contributed by atoms with Crippen LogP contribution in [0.4, 0.5) is 5.95 Å². The van der Waals surface area contributed by atoms with Crippen molar-refractivity contribution in [1.82, 2.24) is 15.3 Å². The second kappa shape index (κ2) is 6.53. The van der Waals surface area contributed by atoms with Crippen LogP contribution in [0.15, 0.2) is 6.07 Å². The van der Waals surface area contributed by atoms with Gasteiger partial charge in [0.05, 0.1) is 7.11 Å². The van der Waals surface area contributed by atoms with Gasteiger partial charge in [0.1, 0.15) is 0 Å². The van der Waals surface area contributed by atoms with E-state index in [1.165, 1.54) is 14.0 Å². The zero-order valence-electron chi connectivity index (χ0n) is 10.6. The standard InChI is InChI=1S/C11H16N4O3/c1-7-6-9(10(17)18-3)15-11(14-7)13-5-4-12-8(2)16/h6H,4-5H2,1-3H3,(H,12,16)(H,13,14,15). The summed E-state index contributed by atoms with van der Waals surface area (Å²) in [4.78, 5) is 30.1. The molecule has 18 heavy (non-hydrogen) atoms. The second-order valence-corrected chi connectivity index (χ2v) is 3.62. The monoisotopic (exact) mass is 252 g/mol. The number of rotatable bonds is 5. The fraction of sp³-hybridized carbons (Fsp3) is 0.455. The molecule has 0 spiro atoms. The van der Waals surface area contributed by atoms with E-state index in [-0.39, 0.29) is 11.6 Å². The van der Waals surface area contributed by atoms with E-state index in [9.17, 15) is 9.59 Å². The molecule has 0 bridgehead atoms. The van der Waals surface area contributed by atoms with Crippen molar-refractivity contribution in [1.29, 1.82) is 0 Å². The van der Waals surface area contributed by atoms with Gasteiger partial charge in [0.25, 0.3) is 0 Å². The maximum atomic E-state index is 11.3. The van der Waals surface area contributed by atoms with Crippen LogP contribution < -0.4 is 10.6 Å². The van der Waals surface area contributed by atoms with Crippen LogP contribution in [0.2, 0.25) is 0 Å². The van der Waals surface area contributed by atoms with Gasteiger partial charge in [-0.3, -0.25) is 4.79 Å². The van der Waals surface area contributed by atoms with Crippen molar-refractivity contribution in [2.75, 3.05) is 25.5 Å². The number of carbonyl (C=O) groups is 2. The Morgan fingerprint density at radius 1 is 1.33 bits per heavy atom. The first-order valence-electron chi connectivity index (χ1n) is 5.45. The second-order valence-electron chi connectivity index (χ2n) is 3.62. The lowest BCUT2D eigenvalue weighted by Crippen LogP contribution is -2.26. The molecule has 0 atom stereocenters. The van der Waals surface area contributed by atoms with Crippen molar-refractivity contribution in [3.8, 4) is 0 Å². The summed E-state index contributed by atoms with van der Waals surface area (Å²) in [6.45, 7) is 4.13. The third-order valence-electron chi connectivity index (χ3n) is 2.03. The minimum atomic E-state index is -0.509. The Labute approximate surface area is 105 Å². The maximum Gasteiger partial charge on any atom is 0.356 e. The maximum absolute atomic E-state index is 11.3. The molecule has 0 aliphatic heterocycles. The topological polar surface area (TPSA) is 93.2 Å². The number of nitrogens with one attached hydrogen (secondary N) is 2. The molecule has 0 aliphatic carbocycles. The molecule has 0 radical (unpaired) electrons. The number of esters is 1. The summed E-state index contributed by atoms with van der Waals surface area (Å²) in [7, 11) is 1.30. The van der Waals surface area contributed by atoms with Gasteiger partial charge < -0.3 is 15.4 Å². The summed E-state index contributed by atoms with van der Waals surface area (Å²) in [6.07, 6.45) is 0. The molecule has 98 valence electrons. The van der Waals surface area contributed by atoms with Crippen LogP contribution in [0.25, 0.3) is 0 Å². The quantitative estimate of drug-likeness (QED) is 0.571. The molecule has 1 aromatic heterocycles. The Morgan fingerprint density at radius 3 is 2.67 bits per heavy atom.